The van der Waals surface area contributed by atoms with Crippen LogP contribution < -0.4 is 0 Å². The molecule has 2 aromatic rings. The Hall–Kier alpha value is -1.87. The van der Waals surface area contributed by atoms with Crippen LogP contribution in [0.1, 0.15) is 11.1 Å². The van der Waals surface area contributed by atoms with E-state index in [9.17, 15) is 9.18 Å². The fourth-order valence-electron chi connectivity index (χ4n) is 1.76. The maximum Gasteiger partial charge on any atom is 0.324 e. The first-order valence-corrected chi connectivity index (χ1v) is 6.68. The number of carbonyl (C=O) groups excluding carboxylic acids is 1. The molecular weight excluding hydrogens is 279 g/mol. The predicted molar refractivity (Wildman–Crippen MR) is 76.0 cm³/mol. The Balaban J connectivity index is 1.88. The van der Waals surface area contributed by atoms with Crippen LogP contribution in [0.2, 0.25) is 0 Å². The molecule has 0 amide bonds. The summed E-state index contributed by atoms with van der Waals surface area (Å²) in [6.07, 6.45) is 0.113. The van der Waals surface area contributed by atoms with E-state index in [0.29, 0.717) is 5.56 Å². The van der Waals surface area contributed by atoms with Crippen molar-refractivity contribution in [1.82, 2.24) is 0 Å². The molecule has 0 aromatic heterocycles. The summed E-state index contributed by atoms with van der Waals surface area (Å²) < 4.78 is 18.6. The van der Waals surface area contributed by atoms with E-state index in [0.717, 1.165) is 5.56 Å². The van der Waals surface area contributed by atoms with E-state index in [2.05, 4.69) is 0 Å². The number of benzene rings is 2. The van der Waals surface area contributed by atoms with Gasteiger partial charge < -0.3 is 4.74 Å². The van der Waals surface area contributed by atoms with Crippen LogP contribution in [0, 0.1) is 5.82 Å². The Labute approximate surface area is 122 Å². The third-order valence-corrected chi connectivity index (χ3v) is 3.17. The molecule has 1 atom stereocenters. The quantitative estimate of drug-likeness (QED) is 0.620. The largest absolute Gasteiger partial charge is 0.460 e. The maximum absolute atomic E-state index is 13.5. The van der Waals surface area contributed by atoms with Gasteiger partial charge in [-0.05, 0) is 17.2 Å². The second-order valence-electron chi connectivity index (χ2n) is 4.36. The van der Waals surface area contributed by atoms with Crippen LogP contribution >= 0.6 is 11.6 Å². The van der Waals surface area contributed by atoms with Crippen molar-refractivity contribution >= 4 is 17.6 Å². The summed E-state index contributed by atoms with van der Waals surface area (Å²) in [6.45, 7) is 0.167. The number of halogens is 2. The zero-order valence-electron chi connectivity index (χ0n) is 10.8. The molecule has 1 unspecified atom stereocenters. The molecule has 0 aliphatic heterocycles. The second-order valence-corrected chi connectivity index (χ2v) is 4.88. The van der Waals surface area contributed by atoms with Gasteiger partial charge in [-0.25, -0.2) is 4.39 Å². The second kappa shape index (κ2) is 7.06. The lowest BCUT2D eigenvalue weighted by atomic mass is 10.1. The number of alkyl halides is 1. The van der Waals surface area contributed by atoms with Crippen molar-refractivity contribution in [3.05, 3.63) is 71.5 Å². The lowest BCUT2D eigenvalue weighted by molar-refractivity contribution is -0.144. The van der Waals surface area contributed by atoms with Gasteiger partial charge in [0, 0.05) is 6.42 Å². The molecule has 0 aliphatic rings. The topological polar surface area (TPSA) is 26.3 Å². The first-order valence-electron chi connectivity index (χ1n) is 6.25. The summed E-state index contributed by atoms with van der Waals surface area (Å²) >= 11 is 5.96. The van der Waals surface area contributed by atoms with Crippen molar-refractivity contribution in [2.75, 3.05) is 0 Å². The maximum atomic E-state index is 13.5. The van der Waals surface area contributed by atoms with Gasteiger partial charge in [0.25, 0.3) is 0 Å². The van der Waals surface area contributed by atoms with Crippen LogP contribution in [0.4, 0.5) is 4.39 Å². The summed E-state index contributed by atoms with van der Waals surface area (Å²) in [5, 5.41) is -0.893. The molecule has 0 fully saturated rings. The van der Waals surface area contributed by atoms with Gasteiger partial charge in [0.15, 0.2) is 0 Å². The van der Waals surface area contributed by atoms with Gasteiger partial charge in [-0.15, -0.1) is 11.6 Å². The summed E-state index contributed by atoms with van der Waals surface area (Å²) in [7, 11) is 0. The Morgan fingerprint density at radius 2 is 1.75 bits per heavy atom. The molecule has 2 rings (SSSR count). The molecule has 0 radical (unpaired) electrons. The Kier molecular flexibility index (Phi) is 5.13. The molecule has 20 heavy (non-hydrogen) atoms. The molecule has 104 valence electrons. The van der Waals surface area contributed by atoms with Crippen molar-refractivity contribution in [1.29, 1.82) is 0 Å². The zero-order valence-corrected chi connectivity index (χ0v) is 11.5. The van der Waals surface area contributed by atoms with Gasteiger partial charge in [-0.3, -0.25) is 4.79 Å². The highest BCUT2D eigenvalue weighted by molar-refractivity contribution is 6.30. The van der Waals surface area contributed by atoms with Crippen molar-refractivity contribution in [3.63, 3.8) is 0 Å². The lowest BCUT2D eigenvalue weighted by Crippen LogP contribution is -2.20. The number of ether oxygens (including phenoxy) is 1. The first-order chi connectivity index (χ1) is 9.66. The minimum absolute atomic E-state index is 0.113. The molecular formula is C16H14ClFO2. The lowest BCUT2D eigenvalue weighted by Gasteiger charge is -2.10. The molecule has 0 saturated heterocycles. The number of carbonyl (C=O) groups is 1. The van der Waals surface area contributed by atoms with Gasteiger partial charge in [-0.1, -0.05) is 48.5 Å². The van der Waals surface area contributed by atoms with Crippen LogP contribution in [-0.4, -0.2) is 11.3 Å². The van der Waals surface area contributed by atoms with Crippen LogP contribution in [-0.2, 0) is 22.6 Å². The van der Waals surface area contributed by atoms with E-state index in [1.807, 2.05) is 30.3 Å². The first kappa shape index (κ1) is 14.5. The molecule has 0 aliphatic carbocycles. The van der Waals surface area contributed by atoms with E-state index in [4.69, 9.17) is 16.3 Å². The highest BCUT2D eigenvalue weighted by Crippen LogP contribution is 2.14. The highest BCUT2D eigenvalue weighted by atomic mass is 35.5. The van der Waals surface area contributed by atoms with Crippen LogP contribution in [0.15, 0.2) is 54.6 Å². The molecule has 0 N–H and O–H groups in total. The van der Waals surface area contributed by atoms with Gasteiger partial charge >= 0.3 is 5.97 Å². The number of hydrogen-bond acceptors (Lipinski definition) is 2. The van der Waals surface area contributed by atoms with E-state index in [-0.39, 0.29) is 18.8 Å². The SMILES string of the molecule is O=C(OCc1ccccc1)C(Cl)Cc1ccccc1F. The van der Waals surface area contributed by atoms with Gasteiger partial charge in [0.05, 0.1) is 0 Å². The van der Waals surface area contributed by atoms with E-state index < -0.39 is 11.3 Å². The fraction of sp³-hybridized carbons (Fsp3) is 0.188. The standard InChI is InChI=1S/C16H14ClFO2/c17-14(10-13-8-4-5-9-15(13)18)16(19)20-11-12-6-2-1-3-7-12/h1-9,14H,10-11H2. The predicted octanol–water partition coefficient (Wildman–Crippen LogP) is 3.72. The van der Waals surface area contributed by atoms with E-state index in [1.54, 1.807) is 18.2 Å². The normalized spacial score (nSPS) is 11.9. The molecule has 4 heteroatoms. The minimum atomic E-state index is -0.893. The molecule has 0 heterocycles. The van der Waals surface area contributed by atoms with Crippen LogP contribution in [0.3, 0.4) is 0 Å². The van der Waals surface area contributed by atoms with Gasteiger partial charge in [0.2, 0.25) is 0 Å². The molecule has 2 aromatic carbocycles. The van der Waals surface area contributed by atoms with E-state index >= 15 is 0 Å². The average Bonchev–Trinajstić information content (AvgIpc) is 2.48. The number of hydrogen-bond donors (Lipinski definition) is 0. The third kappa shape index (κ3) is 4.07. The summed E-state index contributed by atoms with van der Waals surface area (Å²) in [4.78, 5) is 11.8. The number of rotatable bonds is 5. The highest BCUT2D eigenvalue weighted by Gasteiger charge is 2.19. The fourth-order valence-corrected chi connectivity index (χ4v) is 1.99. The smallest absolute Gasteiger partial charge is 0.324 e. The van der Waals surface area contributed by atoms with Gasteiger partial charge in [0.1, 0.15) is 17.8 Å². The van der Waals surface area contributed by atoms with Crippen molar-refractivity contribution in [3.8, 4) is 0 Å². The monoisotopic (exact) mass is 292 g/mol. The third-order valence-electron chi connectivity index (χ3n) is 2.84. The van der Waals surface area contributed by atoms with Crippen molar-refractivity contribution in [2.24, 2.45) is 0 Å². The minimum Gasteiger partial charge on any atom is -0.460 e. The zero-order chi connectivity index (χ0) is 14.4. The summed E-state index contributed by atoms with van der Waals surface area (Å²) in [5.74, 6) is -0.909. The van der Waals surface area contributed by atoms with Crippen molar-refractivity contribution < 1.29 is 13.9 Å². The Bertz CT molecular complexity index is 572. The van der Waals surface area contributed by atoms with Crippen LogP contribution in [0.25, 0.3) is 0 Å². The molecule has 0 saturated carbocycles. The van der Waals surface area contributed by atoms with Crippen LogP contribution in [0.5, 0.6) is 0 Å². The molecule has 0 bridgehead atoms. The summed E-state index contributed by atoms with van der Waals surface area (Å²) in [5.41, 5.74) is 1.29. The van der Waals surface area contributed by atoms with Gasteiger partial charge in [-0.2, -0.15) is 0 Å². The van der Waals surface area contributed by atoms with E-state index in [1.165, 1.54) is 6.07 Å². The average molecular weight is 293 g/mol. The molecule has 0 spiro atoms. The molecule has 2 nitrogen and oxygen atoms in total. The Morgan fingerprint density at radius 1 is 1.10 bits per heavy atom. The number of esters is 1. The Morgan fingerprint density at radius 3 is 2.45 bits per heavy atom. The summed E-state index contributed by atoms with van der Waals surface area (Å²) in [6, 6.07) is 15.6. The van der Waals surface area contributed by atoms with Crippen molar-refractivity contribution in [2.45, 2.75) is 18.4 Å².